The molecule has 1 fully saturated rings. The van der Waals surface area contributed by atoms with E-state index in [1.54, 1.807) is 16.8 Å². The summed E-state index contributed by atoms with van der Waals surface area (Å²) in [4.78, 5) is 17.2. The standard InChI is InChI=1S/C19H21N7O/c1-24-10-12-25(13-11-24)17-8-4-16(5-9-17)21-19(27)15-2-6-18(7-3-15)26-14-20-22-23-26/h2-9,14H,10-13H2,1H3,(H,21,27). The molecule has 1 aliphatic heterocycles. The molecule has 2 heterocycles. The highest BCUT2D eigenvalue weighted by molar-refractivity contribution is 6.04. The molecule has 1 saturated heterocycles. The largest absolute Gasteiger partial charge is 0.369 e. The normalized spacial score (nSPS) is 14.9. The van der Waals surface area contributed by atoms with Gasteiger partial charge in [0.1, 0.15) is 6.33 Å². The summed E-state index contributed by atoms with van der Waals surface area (Å²) >= 11 is 0. The van der Waals surface area contributed by atoms with Crippen molar-refractivity contribution in [1.29, 1.82) is 0 Å². The molecule has 3 aromatic rings. The van der Waals surface area contributed by atoms with Crippen LogP contribution >= 0.6 is 0 Å². The van der Waals surface area contributed by atoms with E-state index in [2.05, 4.69) is 49.8 Å². The SMILES string of the molecule is CN1CCN(c2ccc(NC(=O)c3ccc(-n4cnnn4)cc3)cc2)CC1. The Bertz CT molecular complexity index is 883. The lowest BCUT2D eigenvalue weighted by molar-refractivity contribution is 0.102. The molecule has 1 aliphatic rings. The van der Waals surface area contributed by atoms with Gasteiger partial charge in [0.05, 0.1) is 5.69 Å². The van der Waals surface area contributed by atoms with Gasteiger partial charge in [-0.2, -0.15) is 0 Å². The van der Waals surface area contributed by atoms with E-state index >= 15 is 0 Å². The summed E-state index contributed by atoms with van der Waals surface area (Å²) < 4.78 is 1.54. The van der Waals surface area contributed by atoms with Crippen LogP contribution in [0.4, 0.5) is 11.4 Å². The molecule has 1 amide bonds. The summed E-state index contributed by atoms with van der Waals surface area (Å²) in [6.45, 7) is 4.18. The first-order valence-electron chi connectivity index (χ1n) is 8.87. The Kier molecular flexibility index (Phi) is 4.80. The Morgan fingerprint density at radius 1 is 0.926 bits per heavy atom. The van der Waals surface area contributed by atoms with E-state index in [9.17, 15) is 4.79 Å². The fraction of sp³-hybridized carbons (Fsp3) is 0.263. The van der Waals surface area contributed by atoms with Crippen LogP contribution in [0.3, 0.4) is 0 Å². The number of carbonyl (C=O) groups excluding carboxylic acids is 1. The number of hydrogen-bond donors (Lipinski definition) is 1. The minimum atomic E-state index is -0.148. The van der Waals surface area contributed by atoms with Crippen molar-refractivity contribution in [3.05, 3.63) is 60.4 Å². The van der Waals surface area contributed by atoms with Crippen LogP contribution in [0.1, 0.15) is 10.4 Å². The molecule has 0 saturated carbocycles. The van der Waals surface area contributed by atoms with Gasteiger partial charge in [0.15, 0.2) is 0 Å². The quantitative estimate of drug-likeness (QED) is 0.760. The first-order chi connectivity index (χ1) is 13.2. The maximum atomic E-state index is 12.5. The number of nitrogens with zero attached hydrogens (tertiary/aromatic N) is 6. The van der Waals surface area contributed by atoms with Gasteiger partial charge >= 0.3 is 0 Å². The molecule has 138 valence electrons. The lowest BCUT2D eigenvalue weighted by Crippen LogP contribution is -2.44. The Hall–Kier alpha value is -3.26. The van der Waals surface area contributed by atoms with Crippen molar-refractivity contribution >= 4 is 17.3 Å². The minimum Gasteiger partial charge on any atom is -0.369 e. The third kappa shape index (κ3) is 3.95. The molecule has 0 radical (unpaired) electrons. The number of carbonyl (C=O) groups is 1. The van der Waals surface area contributed by atoms with Gasteiger partial charge in [0, 0.05) is 43.1 Å². The molecule has 4 rings (SSSR count). The number of tetrazole rings is 1. The molecule has 0 atom stereocenters. The molecule has 0 aliphatic carbocycles. The number of hydrogen-bond acceptors (Lipinski definition) is 6. The number of piperazine rings is 1. The Morgan fingerprint density at radius 3 is 2.22 bits per heavy atom. The Morgan fingerprint density at radius 2 is 1.59 bits per heavy atom. The van der Waals surface area contributed by atoms with Crippen molar-refractivity contribution in [1.82, 2.24) is 25.1 Å². The predicted molar refractivity (Wildman–Crippen MR) is 103 cm³/mol. The molecule has 8 nitrogen and oxygen atoms in total. The maximum absolute atomic E-state index is 12.5. The number of nitrogens with one attached hydrogen (secondary N) is 1. The average molecular weight is 363 g/mol. The number of likely N-dealkylation sites (N-methyl/N-ethyl adjacent to an activating group) is 1. The van der Waals surface area contributed by atoms with Crippen molar-refractivity contribution in [2.75, 3.05) is 43.4 Å². The van der Waals surface area contributed by atoms with Gasteiger partial charge < -0.3 is 15.1 Å². The smallest absolute Gasteiger partial charge is 0.255 e. The van der Waals surface area contributed by atoms with Gasteiger partial charge in [-0.25, -0.2) is 4.68 Å². The summed E-state index contributed by atoms with van der Waals surface area (Å²) in [5, 5.41) is 14.0. The average Bonchev–Trinajstić information content (AvgIpc) is 3.24. The molecule has 2 aromatic carbocycles. The molecule has 1 aromatic heterocycles. The van der Waals surface area contributed by atoms with Crippen LogP contribution in [0.25, 0.3) is 5.69 Å². The van der Waals surface area contributed by atoms with E-state index in [0.717, 1.165) is 37.6 Å². The summed E-state index contributed by atoms with van der Waals surface area (Å²) in [7, 11) is 2.14. The second kappa shape index (κ2) is 7.55. The van der Waals surface area contributed by atoms with Gasteiger partial charge in [-0.15, -0.1) is 5.10 Å². The third-order valence-corrected chi connectivity index (χ3v) is 4.74. The molecule has 8 heteroatoms. The minimum absolute atomic E-state index is 0.148. The monoisotopic (exact) mass is 363 g/mol. The van der Waals surface area contributed by atoms with Crippen LogP contribution in [0.15, 0.2) is 54.9 Å². The Balaban J connectivity index is 1.39. The fourth-order valence-corrected chi connectivity index (χ4v) is 3.07. The highest BCUT2D eigenvalue weighted by Gasteiger charge is 2.14. The predicted octanol–water partition coefficient (Wildman–Crippen LogP) is 1.67. The first kappa shape index (κ1) is 17.2. The molecular formula is C19H21N7O. The molecular weight excluding hydrogens is 342 g/mol. The third-order valence-electron chi connectivity index (χ3n) is 4.74. The van der Waals surface area contributed by atoms with Crippen molar-refractivity contribution in [2.24, 2.45) is 0 Å². The van der Waals surface area contributed by atoms with Crippen molar-refractivity contribution in [2.45, 2.75) is 0 Å². The Labute approximate surface area is 157 Å². The zero-order valence-corrected chi connectivity index (χ0v) is 15.1. The molecule has 0 spiro atoms. The van der Waals surface area contributed by atoms with Gasteiger partial charge in [-0.3, -0.25) is 4.79 Å². The van der Waals surface area contributed by atoms with Gasteiger partial charge in [0.25, 0.3) is 5.91 Å². The maximum Gasteiger partial charge on any atom is 0.255 e. The molecule has 27 heavy (non-hydrogen) atoms. The van der Waals surface area contributed by atoms with Crippen LogP contribution in [0, 0.1) is 0 Å². The van der Waals surface area contributed by atoms with Crippen LogP contribution in [-0.2, 0) is 0 Å². The van der Waals surface area contributed by atoms with Crippen LogP contribution in [0.2, 0.25) is 0 Å². The summed E-state index contributed by atoms with van der Waals surface area (Å²) in [6, 6.07) is 15.1. The summed E-state index contributed by atoms with van der Waals surface area (Å²) in [5.74, 6) is -0.148. The van der Waals surface area contributed by atoms with E-state index in [-0.39, 0.29) is 5.91 Å². The topological polar surface area (TPSA) is 79.2 Å². The summed E-state index contributed by atoms with van der Waals surface area (Å²) in [5.41, 5.74) is 3.34. The fourth-order valence-electron chi connectivity index (χ4n) is 3.07. The van der Waals surface area contributed by atoms with E-state index < -0.39 is 0 Å². The van der Waals surface area contributed by atoms with Crippen LogP contribution < -0.4 is 10.2 Å². The van der Waals surface area contributed by atoms with E-state index in [4.69, 9.17) is 0 Å². The summed E-state index contributed by atoms with van der Waals surface area (Å²) in [6.07, 6.45) is 1.51. The number of anilines is 2. The second-order valence-electron chi connectivity index (χ2n) is 6.59. The van der Waals surface area contributed by atoms with Crippen molar-refractivity contribution < 1.29 is 4.79 Å². The number of benzene rings is 2. The van der Waals surface area contributed by atoms with Crippen LogP contribution in [0.5, 0.6) is 0 Å². The van der Waals surface area contributed by atoms with Crippen LogP contribution in [-0.4, -0.2) is 64.2 Å². The van der Waals surface area contributed by atoms with Gasteiger partial charge in [-0.1, -0.05) is 0 Å². The van der Waals surface area contributed by atoms with E-state index in [0.29, 0.717) is 5.56 Å². The first-order valence-corrected chi connectivity index (χ1v) is 8.87. The number of amides is 1. The van der Waals surface area contributed by atoms with E-state index in [1.165, 1.54) is 12.0 Å². The van der Waals surface area contributed by atoms with Crippen molar-refractivity contribution in [3.8, 4) is 5.69 Å². The number of rotatable bonds is 4. The lowest BCUT2D eigenvalue weighted by Gasteiger charge is -2.34. The lowest BCUT2D eigenvalue weighted by atomic mass is 10.2. The zero-order valence-electron chi connectivity index (χ0n) is 15.1. The zero-order chi connectivity index (χ0) is 18.6. The van der Waals surface area contributed by atoms with Gasteiger partial charge in [-0.05, 0) is 66.0 Å². The highest BCUT2D eigenvalue weighted by Crippen LogP contribution is 2.20. The van der Waals surface area contributed by atoms with Crippen molar-refractivity contribution in [3.63, 3.8) is 0 Å². The number of aromatic nitrogens is 4. The molecule has 0 bridgehead atoms. The molecule has 0 unspecified atom stereocenters. The van der Waals surface area contributed by atoms with Gasteiger partial charge in [0.2, 0.25) is 0 Å². The second-order valence-corrected chi connectivity index (χ2v) is 6.59. The highest BCUT2D eigenvalue weighted by atomic mass is 16.1. The molecule has 1 N–H and O–H groups in total. The van der Waals surface area contributed by atoms with E-state index in [1.807, 2.05) is 24.3 Å².